The van der Waals surface area contributed by atoms with Crippen LogP contribution in [-0.2, 0) is 6.54 Å². The minimum absolute atomic E-state index is 0.169. The lowest BCUT2D eigenvalue weighted by molar-refractivity contribution is 0.619. The number of hydrogen-bond donors (Lipinski definition) is 1. The first-order chi connectivity index (χ1) is 8.16. The Bertz CT molecular complexity index is 508. The molecule has 0 saturated carbocycles. The van der Waals surface area contributed by atoms with Crippen molar-refractivity contribution in [2.75, 3.05) is 5.32 Å². The zero-order valence-corrected chi connectivity index (χ0v) is 11.7. The van der Waals surface area contributed by atoms with Crippen molar-refractivity contribution >= 4 is 28.3 Å². The molecule has 17 heavy (non-hydrogen) atoms. The van der Waals surface area contributed by atoms with E-state index in [9.17, 15) is 4.39 Å². The Balaban J connectivity index is 2.07. The molecule has 0 aliphatic rings. The summed E-state index contributed by atoms with van der Waals surface area (Å²) in [4.78, 5) is 0. The van der Waals surface area contributed by atoms with Gasteiger partial charge in [-0.2, -0.15) is 0 Å². The van der Waals surface area contributed by atoms with Crippen LogP contribution in [0.4, 0.5) is 10.1 Å². The van der Waals surface area contributed by atoms with E-state index in [0.717, 1.165) is 5.69 Å². The molecule has 0 saturated heterocycles. The third kappa shape index (κ3) is 3.19. The molecule has 0 aliphatic heterocycles. The molecule has 0 unspecified atom stereocenters. The van der Waals surface area contributed by atoms with Gasteiger partial charge in [0.05, 0.1) is 0 Å². The average molecular weight is 341 g/mol. The highest BCUT2D eigenvalue weighted by Crippen LogP contribution is 2.18. The predicted octanol–water partition coefficient (Wildman–Crippen LogP) is 4.35. The lowest BCUT2D eigenvalue weighted by Crippen LogP contribution is -2.01. The first-order valence-corrected chi connectivity index (χ1v) is 6.48. The van der Waals surface area contributed by atoms with Gasteiger partial charge in [0, 0.05) is 21.4 Å². The van der Waals surface area contributed by atoms with Crippen molar-refractivity contribution < 1.29 is 4.39 Å². The lowest BCUT2D eigenvalue weighted by atomic mass is 10.1. The summed E-state index contributed by atoms with van der Waals surface area (Å²) >= 11 is 2.28. The monoisotopic (exact) mass is 341 g/mol. The summed E-state index contributed by atoms with van der Waals surface area (Å²) in [5.41, 5.74) is 2.70. The zero-order valence-electron chi connectivity index (χ0n) is 9.50. The van der Waals surface area contributed by atoms with Gasteiger partial charge in [-0.05, 0) is 59.3 Å². The Labute approximate surface area is 114 Å². The molecular weight excluding hydrogens is 328 g/mol. The minimum atomic E-state index is -0.169. The van der Waals surface area contributed by atoms with E-state index < -0.39 is 0 Å². The molecule has 0 aliphatic carbocycles. The average Bonchev–Trinajstić information content (AvgIpc) is 2.33. The molecule has 1 N–H and O–H groups in total. The second-order valence-electron chi connectivity index (χ2n) is 3.89. The van der Waals surface area contributed by atoms with Crippen LogP contribution in [0.3, 0.4) is 0 Å². The first-order valence-electron chi connectivity index (χ1n) is 5.40. The van der Waals surface area contributed by atoms with Gasteiger partial charge in [0.25, 0.3) is 0 Å². The van der Waals surface area contributed by atoms with Gasteiger partial charge in [-0.1, -0.05) is 18.2 Å². The molecule has 0 amide bonds. The maximum absolute atomic E-state index is 13.3. The molecule has 0 aromatic heterocycles. The molecule has 0 bridgehead atoms. The maximum atomic E-state index is 13.3. The number of anilines is 1. The molecule has 2 rings (SSSR count). The maximum Gasteiger partial charge on any atom is 0.128 e. The van der Waals surface area contributed by atoms with Crippen molar-refractivity contribution in [3.63, 3.8) is 0 Å². The second kappa shape index (κ2) is 5.49. The topological polar surface area (TPSA) is 12.0 Å². The fourth-order valence-electron chi connectivity index (χ4n) is 1.60. The highest BCUT2D eigenvalue weighted by molar-refractivity contribution is 14.1. The fourth-order valence-corrected chi connectivity index (χ4v) is 1.96. The quantitative estimate of drug-likeness (QED) is 0.819. The van der Waals surface area contributed by atoms with Crippen LogP contribution in [-0.4, -0.2) is 0 Å². The fraction of sp³-hybridized carbons (Fsp3) is 0.143. The van der Waals surface area contributed by atoms with E-state index in [1.54, 1.807) is 13.0 Å². The molecule has 0 radical (unpaired) electrons. The highest BCUT2D eigenvalue weighted by atomic mass is 127. The zero-order chi connectivity index (χ0) is 12.3. The lowest BCUT2D eigenvalue weighted by Gasteiger charge is -2.10. The van der Waals surface area contributed by atoms with Crippen LogP contribution in [0.25, 0.3) is 0 Å². The van der Waals surface area contributed by atoms with Crippen molar-refractivity contribution in [3.8, 4) is 0 Å². The van der Waals surface area contributed by atoms with Crippen molar-refractivity contribution in [1.29, 1.82) is 0 Å². The van der Waals surface area contributed by atoms with Crippen molar-refractivity contribution in [1.82, 2.24) is 0 Å². The van der Waals surface area contributed by atoms with Crippen LogP contribution < -0.4 is 5.32 Å². The van der Waals surface area contributed by atoms with Gasteiger partial charge >= 0.3 is 0 Å². The number of halogens is 2. The standard InChI is InChI=1S/C14H13FIN/c1-10-13(15)3-2-4-14(10)17-9-11-5-7-12(16)8-6-11/h2-8,17H,9H2,1H3. The first kappa shape index (κ1) is 12.4. The van der Waals surface area contributed by atoms with Gasteiger partial charge in [0.2, 0.25) is 0 Å². The van der Waals surface area contributed by atoms with Crippen molar-refractivity contribution in [2.24, 2.45) is 0 Å². The van der Waals surface area contributed by atoms with Gasteiger partial charge in [-0.15, -0.1) is 0 Å². The molecule has 0 spiro atoms. The summed E-state index contributed by atoms with van der Waals surface area (Å²) in [7, 11) is 0. The largest absolute Gasteiger partial charge is 0.381 e. The van der Waals surface area contributed by atoms with E-state index in [2.05, 4.69) is 52.2 Å². The summed E-state index contributed by atoms with van der Waals surface area (Å²) in [5, 5.41) is 3.25. The Morgan fingerprint density at radius 1 is 1.12 bits per heavy atom. The minimum Gasteiger partial charge on any atom is -0.381 e. The van der Waals surface area contributed by atoms with Gasteiger partial charge in [-0.25, -0.2) is 4.39 Å². The third-order valence-corrected chi connectivity index (χ3v) is 3.38. The van der Waals surface area contributed by atoms with Crippen LogP contribution in [0.15, 0.2) is 42.5 Å². The van der Waals surface area contributed by atoms with Crippen LogP contribution in [0.5, 0.6) is 0 Å². The van der Waals surface area contributed by atoms with Crippen molar-refractivity contribution in [2.45, 2.75) is 13.5 Å². The Morgan fingerprint density at radius 3 is 2.53 bits per heavy atom. The number of hydrogen-bond acceptors (Lipinski definition) is 1. The molecule has 1 nitrogen and oxygen atoms in total. The smallest absolute Gasteiger partial charge is 0.128 e. The van der Waals surface area contributed by atoms with Gasteiger partial charge in [0.1, 0.15) is 5.82 Å². The predicted molar refractivity (Wildman–Crippen MR) is 77.6 cm³/mol. The van der Waals surface area contributed by atoms with Crippen molar-refractivity contribution in [3.05, 3.63) is 63.0 Å². The van der Waals surface area contributed by atoms with E-state index in [0.29, 0.717) is 12.1 Å². The SMILES string of the molecule is Cc1c(F)cccc1NCc1ccc(I)cc1. The van der Waals surface area contributed by atoms with Crippen LogP contribution in [0.1, 0.15) is 11.1 Å². The molecular formula is C14H13FIN. The van der Waals surface area contributed by atoms with E-state index in [4.69, 9.17) is 0 Å². The Hall–Kier alpha value is -1.10. The van der Waals surface area contributed by atoms with E-state index in [-0.39, 0.29) is 5.82 Å². The van der Waals surface area contributed by atoms with Gasteiger partial charge < -0.3 is 5.32 Å². The summed E-state index contributed by atoms with van der Waals surface area (Å²) < 4.78 is 14.5. The summed E-state index contributed by atoms with van der Waals surface area (Å²) in [6.07, 6.45) is 0. The van der Waals surface area contributed by atoms with Gasteiger partial charge in [-0.3, -0.25) is 0 Å². The van der Waals surface area contributed by atoms with E-state index >= 15 is 0 Å². The Kier molecular flexibility index (Phi) is 3.99. The third-order valence-electron chi connectivity index (χ3n) is 2.66. The number of benzene rings is 2. The molecule has 0 heterocycles. The van der Waals surface area contributed by atoms with E-state index in [1.165, 1.54) is 15.2 Å². The van der Waals surface area contributed by atoms with Crippen LogP contribution >= 0.6 is 22.6 Å². The summed E-state index contributed by atoms with van der Waals surface area (Å²) in [6, 6.07) is 13.4. The summed E-state index contributed by atoms with van der Waals surface area (Å²) in [6.45, 7) is 2.49. The second-order valence-corrected chi connectivity index (χ2v) is 5.14. The summed E-state index contributed by atoms with van der Waals surface area (Å²) in [5.74, 6) is -0.169. The van der Waals surface area contributed by atoms with E-state index in [1.807, 2.05) is 6.07 Å². The molecule has 0 fully saturated rings. The Morgan fingerprint density at radius 2 is 1.82 bits per heavy atom. The molecule has 2 aromatic rings. The molecule has 88 valence electrons. The number of nitrogens with one attached hydrogen (secondary N) is 1. The number of rotatable bonds is 3. The van der Waals surface area contributed by atoms with Gasteiger partial charge in [0.15, 0.2) is 0 Å². The highest BCUT2D eigenvalue weighted by Gasteiger charge is 2.02. The van der Waals surface area contributed by atoms with Crippen LogP contribution in [0.2, 0.25) is 0 Å². The molecule has 0 atom stereocenters. The normalized spacial score (nSPS) is 10.3. The molecule has 2 aromatic carbocycles. The molecule has 3 heteroatoms. The van der Waals surface area contributed by atoms with Crippen LogP contribution in [0, 0.1) is 16.3 Å².